The Labute approximate surface area is 179 Å². The smallest absolute Gasteiger partial charge is 0.196 e. The van der Waals surface area contributed by atoms with Gasteiger partial charge in [-0.15, -0.1) is 6.58 Å². The molecule has 0 aliphatic heterocycles. The second-order valence-electron chi connectivity index (χ2n) is 6.69. The number of hydrogen-bond acceptors (Lipinski definition) is 3. The topological polar surface area (TPSA) is 38.3 Å². The fourth-order valence-corrected chi connectivity index (χ4v) is 3.05. The highest BCUT2D eigenvalue weighted by atomic mass is 79.9. The highest BCUT2D eigenvalue weighted by molar-refractivity contribution is 9.10. The quantitative estimate of drug-likeness (QED) is 0.222. The third-order valence-corrected chi connectivity index (χ3v) is 4.93. The van der Waals surface area contributed by atoms with Crippen LogP contribution >= 0.6 is 15.9 Å². The first-order chi connectivity index (χ1) is 14.0. The van der Waals surface area contributed by atoms with Gasteiger partial charge in [-0.25, -0.2) is 8.78 Å². The monoisotopic (exact) mass is 465 g/mol. The largest absolute Gasteiger partial charge is 0.490 e. The van der Waals surface area contributed by atoms with Crippen LogP contribution in [0.15, 0.2) is 53.5 Å². The average Bonchev–Trinajstić information content (AvgIpc) is 2.71. The van der Waals surface area contributed by atoms with Gasteiger partial charge in [0.05, 0.1) is 12.2 Å². The molecule has 3 nitrogen and oxygen atoms in total. The summed E-state index contributed by atoms with van der Waals surface area (Å²) in [5, 5.41) is 3.32. The van der Waals surface area contributed by atoms with Gasteiger partial charge in [0.15, 0.2) is 17.3 Å². The molecule has 0 amide bonds. The molecule has 0 fully saturated rings. The number of unbranched alkanes of at least 4 members (excludes halogenated alkanes) is 3. The third kappa shape index (κ3) is 7.71. The molecule has 29 heavy (non-hydrogen) atoms. The fourth-order valence-electron chi connectivity index (χ4n) is 2.79. The number of benzene rings is 2. The van der Waals surface area contributed by atoms with Crippen molar-refractivity contribution in [2.75, 3.05) is 19.7 Å². The minimum atomic E-state index is -0.792. The summed E-state index contributed by atoms with van der Waals surface area (Å²) < 4.78 is 34.8. The van der Waals surface area contributed by atoms with Crippen molar-refractivity contribution in [1.82, 2.24) is 5.32 Å². The summed E-state index contributed by atoms with van der Waals surface area (Å²) in [5.41, 5.74) is -0.0136. The van der Waals surface area contributed by atoms with E-state index in [-0.39, 0.29) is 11.3 Å². The molecule has 0 atom stereocenters. The second kappa shape index (κ2) is 12.5. The lowest BCUT2D eigenvalue weighted by Gasteiger charge is -2.10. The Morgan fingerprint density at radius 1 is 1.03 bits per heavy atom. The molecule has 156 valence electrons. The van der Waals surface area contributed by atoms with E-state index in [1.807, 2.05) is 6.08 Å². The second-order valence-corrected chi connectivity index (χ2v) is 7.60. The molecular weight excluding hydrogens is 440 g/mol. The molecule has 0 unspecified atom stereocenters. The van der Waals surface area contributed by atoms with Crippen LogP contribution in [0.5, 0.6) is 5.75 Å². The summed E-state index contributed by atoms with van der Waals surface area (Å²) in [6.45, 7) is 5.88. The Bertz CT molecular complexity index is 809. The van der Waals surface area contributed by atoms with Gasteiger partial charge in [0, 0.05) is 16.1 Å². The van der Waals surface area contributed by atoms with Crippen LogP contribution < -0.4 is 10.1 Å². The highest BCUT2D eigenvalue weighted by Gasteiger charge is 2.18. The maximum absolute atomic E-state index is 14.4. The molecular formula is C23H26BrF2NO2. The van der Waals surface area contributed by atoms with E-state index in [1.54, 1.807) is 24.3 Å². The van der Waals surface area contributed by atoms with E-state index in [2.05, 4.69) is 27.8 Å². The molecule has 0 saturated carbocycles. The first-order valence-electron chi connectivity index (χ1n) is 9.76. The molecule has 0 radical (unpaired) electrons. The number of carbonyl (C=O) groups excluding carboxylic acids is 1. The molecule has 0 bridgehead atoms. The zero-order valence-electron chi connectivity index (χ0n) is 16.4. The van der Waals surface area contributed by atoms with Crippen LogP contribution in [0.1, 0.15) is 48.0 Å². The van der Waals surface area contributed by atoms with Gasteiger partial charge in [0.25, 0.3) is 0 Å². The van der Waals surface area contributed by atoms with Crippen molar-refractivity contribution in [1.29, 1.82) is 0 Å². The van der Waals surface area contributed by atoms with E-state index < -0.39 is 17.4 Å². The van der Waals surface area contributed by atoms with Gasteiger partial charge in [-0.2, -0.15) is 0 Å². The first kappa shape index (κ1) is 23.2. The van der Waals surface area contributed by atoms with Crippen molar-refractivity contribution in [3.05, 3.63) is 76.3 Å². The lowest BCUT2D eigenvalue weighted by molar-refractivity contribution is 0.103. The van der Waals surface area contributed by atoms with Crippen LogP contribution in [0.2, 0.25) is 0 Å². The number of carbonyl (C=O) groups is 1. The van der Waals surface area contributed by atoms with Crippen molar-refractivity contribution in [2.45, 2.75) is 32.1 Å². The third-order valence-electron chi connectivity index (χ3n) is 4.40. The predicted octanol–water partition coefficient (Wildman–Crippen LogP) is 6.06. The molecule has 0 aliphatic rings. The van der Waals surface area contributed by atoms with Gasteiger partial charge < -0.3 is 10.1 Å². The Morgan fingerprint density at radius 2 is 1.76 bits per heavy atom. The molecule has 1 N–H and O–H groups in total. The van der Waals surface area contributed by atoms with E-state index in [9.17, 15) is 13.6 Å². The maximum Gasteiger partial charge on any atom is 0.196 e. The zero-order chi connectivity index (χ0) is 21.1. The lowest BCUT2D eigenvalue weighted by Crippen LogP contribution is -2.15. The number of ketones is 1. The van der Waals surface area contributed by atoms with Crippen LogP contribution in [-0.4, -0.2) is 25.5 Å². The molecule has 0 saturated heterocycles. The molecule has 0 heterocycles. The summed E-state index contributed by atoms with van der Waals surface area (Å²) in [6, 6.07) is 8.33. The predicted molar refractivity (Wildman–Crippen MR) is 116 cm³/mol. The number of nitrogens with one attached hydrogen (secondary N) is 1. The van der Waals surface area contributed by atoms with Crippen molar-refractivity contribution < 1.29 is 18.3 Å². The number of rotatable bonds is 13. The van der Waals surface area contributed by atoms with Crippen LogP contribution in [0.4, 0.5) is 8.78 Å². The van der Waals surface area contributed by atoms with Crippen LogP contribution in [0.25, 0.3) is 0 Å². The van der Waals surface area contributed by atoms with Crippen molar-refractivity contribution in [2.24, 2.45) is 0 Å². The van der Waals surface area contributed by atoms with Gasteiger partial charge in [-0.3, -0.25) is 4.79 Å². The Morgan fingerprint density at radius 3 is 2.48 bits per heavy atom. The van der Waals surface area contributed by atoms with E-state index in [1.165, 1.54) is 0 Å². The summed E-state index contributed by atoms with van der Waals surface area (Å²) in [5.74, 6) is -2.26. The molecule has 0 spiro atoms. The summed E-state index contributed by atoms with van der Waals surface area (Å²) in [7, 11) is 0. The van der Waals surface area contributed by atoms with Gasteiger partial charge in [0.1, 0.15) is 5.82 Å². The van der Waals surface area contributed by atoms with Crippen LogP contribution in [-0.2, 0) is 0 Å². The van der Waals surface area contributed by atoms with Gasteiger partial charge in [-0.1, -0.05) is 34.8 Å². The SMILES string of the molecule is C=CCCNCCCCCCOc1cc(F)c(C(=O)c2ccc(Br)cc2)cc1F. The average molecular weight is 466 g/mol. The minimum Gasteiger partial charge on any atom is -0.490 e. The Hall–Kier alpha value is -2.05. The molecule has 0 aliphatic carbocycles. The van der Waals surface area contributed by atoms with Crippen molar-refractivity contribution in [3.8, 4) is 5.75 Å². The Balaban J connectivity index is 1.79. The van der Waals surface area contributed by atoms with Gasteiger partial charge >= 0.3 is 0 Å². The van der Waals surface area contributed by atoms with E-state index in [0.29, 0.717) is 12.2 Å². The van der Waals surface area contributed by atoms with Crippen LogP contribution in [0, 0.1) is 11.6 Å². The highest BCUT2D eigenvalue weighted by Crippen LogP contribution is 2.24. The summed E-state index contributed by atoms with van der Waals surface area (Å²) in [4.78, 5) is 12.4. The maximum atomic E-state index is 14.4. The Kier molecular flexibility index (Phi) is 10.0. The van der Waals surface area contributed by atoms with Gasteiger partial charge in [-0.05, 0) is 62.7 Å². The molecule has 6 heteroatoms. The van der Waals surface area contributed by atoms with E-state index in [4.69, 9.17) is 4.74 Å². The number of hydrogen-bond donors (Lipinski definition) is 1. The zero-order valence-corrected chi connectivity index (χ0v) is 17.9. The fraction of sp³-hybridized carbons (Fsp3) is 0.348. The standard InChI is InChI=1S/C23H26BrF2NO2/c1-2-3-12-27-13-6-4-5-7-14-29-22-16-20(25)19(15-21(22)26)23(28)17-8-10-18(24)11-9-17/h2,8-11,15-16,27H,1,3-7,12-14H2. The van der Waals surface area contributed by atoms with Crippen LogP contribution in [0.3, 0.4) is 0 Å². The van der Waals surface area contributed by atoms with E-state index >= 15 is 0 Å². The molecule has 0 aromatic heterocycles. The summed E-state index contributed by atoms with van der Waals surface area (Å²) >= 11 is 3.27. The minimum absolute atomic E-state index is 0.166. The lowest BCUT2D eigenvalue weighted by atomic mass is 10.0. The first-order valence-corrected chi connectivity index (χ1v) is 10.6. The van der Waals surface area contributed by atoms with Gasteiger partial charge in [0.2, 0.25) is 0 Å². The van der Waals surface area contributed by atoms with Crippen molar-refractivity contribution in [3.63, 3.8) is 0 Å². The molecule has 2 aromatic rings. The number of ether oxygens (including phenoxy) is 1. The molecule has 2 aromatic carbocycles. The molecule has 2 rings (SSSR count). The number of halogens is 3. The summed E-state index contributed by atoms with van der Waals surface area (Å²) in [6.07, 6.45) is 6.66. The normalized spacial score (nSPS) is 10.7. The van der Waals surface area contributed by atoms with E-state index in [0.717, 1.165) is 61.8 Å². The van der Waals surface area contributed by atoms with Crippen molar-refractivity contribution >= 4 is 21.7 Å².